The number of morpholine rings is 1. The van der Waals surface area contributed by atoms with Crippen LogP contribution in [0.15, 0.2) is 4.99 Å². The number of hydrogen-bond acceptors (Lipinski definition) is 4. The lowest BCUT2D eigenvalue weighted by Gasteiger charge is -2.35. The Kier molecular flexibility index (Phi) is 7.58. The molecule has 6 heteroatoms. The molecule has 6 nitrogen and oxygen atoms in total. The first-order chi connectivity index (χ1) is 12.7. The predicted octanol–water partition coefficient (Wildman–Crippen LogP) is 1.34. The second-order valence-electron chi connectivity index (χ2n) is 8.63. The average molecular weight is 366 g/mol. The molecular formula is C20H39N5O. The van der Waals surface area contributed by atoms with Gasteiger partial charge in [-0.3, -0.25) is 9.89 Å². The second-order valence-corrected chi connectivity index (χ2v) is 8.63. The highest BCUT2D eigenvalue weighted by molar-refractivity contribution is 5.80. The Hall–Kier alpha value is -0.850. The van der Waals surface area contributed by atoms with Gasteiger partial charge >= 0.3 is 0 Å². The molecule has 3 rings (SSSR count). The van der Waals surface area contributed by atoms with Gasteiger partial charge in [-0.25, -0.2) is 0 Å². The van der Waals surface area contributed by atoms with Crippen LogP contribution in [0.25, 0.3) is 0 Å². The van der Waals surface area contributed by atoms with Gasteiger partial charge in [0.25, 0.3) is 0 Å². The number of nitrogens with zero attached hydrogens (tertiary/aromatic N) is 4. The van der Waals surface area contributed by atoms with E-state index in [1.807, 2.05) is 7.05 Å². The lowest BCUT2D eigenvalue weighted by Crippen LogP contribution is -2.48. The Morgan fingerprint density at radius 3 is 2.65 bits per heavy atom. The van der Waals surface area contributed by atoms with Crippen molar-refractivity contribution in [2.75, 3.05) is 72.6 Å². The maximum absolute atomic E-state index is 5.50. The molecule has 3 aliphatic heterocycles. The number of likely N-dealkylation sites (tertiary alicyclic amines) is 2. The number of nitrogens with one attached hydrogen (secondary N) is 1. The quantitative estimate of drug-likeness (QED) is 0.588. The number of aliphatic imine (C=N–C) groups is 1. The van der Waals surface area contributed by atoms with Crippen LogP contribution in [0, 0.1) is 11.8 Å². The number of rotatable bonds is 5. The maximum Gasteiger partial charge on any atom is 0.193 e. The Morgan fingerprint density at radius 1 is 1.12 bits per heavy atom. The molecular weight excluding hydrogens is 326 g/mol. The fraction of sp³-hybridized carbons (Fsp3) is 0.950. The third kappa shape index (κ3) is 5.57. The van der Waals surface area contributed by atoms with E-state index in [2.05, 4.69) is 38.9 Å². The molecule has 3 fully saturated rings. The first kappa shape index (κ1) is 19.9. The highest BCUT2D eigenvalue weighted by Crippen LogP contribution is 2.19. The molecule has 0 aromatic carbocycles. The second kappa shape index (κ2) is 9.90. The van der Waals surface area contributed by atoms with Gasteiger partial charge in [0, 0.05) is 58.9 Å². The summed E-state index contributed by atoms with van der Waals surface area (Å²) in [6.45, 7) is 15.6. The number of piperidine rings is 1. The van der Waals surface area contributed by atoms with Crippen LogP contribution in [0.2, 0.25) is 0 Å². The number of hydrogen-bond donors (Lipinski definition) is 1. The Labute approximate surface area is 159 Å². The van der Waals surface area contributed by atoms with Crippen LogP contribution < -0.4 is 5.32 Å². The average Bonchev–Trinajstić information content (AvgIpc) is 3.13. The van der Waals surface area contributed by atoms with Crippen LogP contribution in [0.1, 0.15) is 33.1 Å². The van der Waals surface area contributed by atoms with Gasteiger partial charge in [0.05, 0.1) is 13.2 Å². The van der Waals surface area contributed by atoms with Gasteiger partial charge in [-0.05, 0) is 37.6 Å². The van der Waals surface area contributed by atoms with E-state index in [9.17, 15) is 0 Å². The van der Waals surface area contributed by atoms with Crippen molar-refractivity contribution < 1.29 is 4.74 Å². The van der Waals surface area contributed by atoms with Crippen molar-refractivity contribution in [3.63, 3.8) is 0 Å². The van der Waals surface area contributed by atoms with Crippen molar-refractivity contribution in [3.8, 4) is 0 Å². The van der Waals surface area contributed by atoms with Crippen LogP contribution >= 0.6 is 0 Å². The van der Waals surface area contributed by atoms with E-state index in [-0.39, 0.29) is 0 Å². The van der Waals surface area contributed by atoms with E-state index in [0.717, 1.165) is 63.7 Å². The van der Waals surface area contributed by atoms with Crippen molar-refractivity contribution in [3.05, 3.63) is 0 Å². The predicted molar refractivity (Wildman–Crippen MR) is 108 cm³/mol. The molecule has 0 saturated carbocycles. The summed E-state index contributed by atoms with van der Waals surface area (Å²) >= 11 is 0. The van der Waals surface area contributed by atoms with Crippen LogP contribution in [-0.4, -0.2) is 99.3 Å². The van der Waals surface area contributed by atoms with Crippen molar-refractivity contribution in [1.29, 1.82) is 0 Å². The molecule has 0 amide bonds. The van der Waals surface area contributed by atoms with E-state index < -0.39 is 0 Å². The molecule has 1 N–H and O–H groups in total. The number of ether oxygens (including phenoxy) is 1. The minimum atomic E-state index is 0.661. The minimum Gasteiger partial charge on any atom is -0.379 e. The summed E-state index contributed by atoms with van der Waals surface area (Å²) in [5, 5.41) is 3.68. The summed E-state index contributed by atoms with van der Waals surface area (Å²) < 4.78 is 5.50. The molecule has 3 heterocycles. The molecule has 26 heavy (non-hydrogen) atoms. The van der Waals surface area contributed by atoms with Crippen molar-refractivity contribution in [1.82, 2.24) is 20.0 Å². The summed E-state index contributed by atoms with van der Waals surface area (Å²) in [6, 6.07) is 0.661. The van der Waals surface area contributed by atoms with Gasteiger partial charge < -0.3 is 19.9 Å². The smallest absolute Gasteiger partial charge is 0.193 e. The summed E-state index contributed by atoms with van der Waals surface area (Å²) in [4.78, 5) is 12.3. The van der Waals surface area contributed by atoms with Gasteiger partial charge in [0.2, 0.25) is 0 Å². The first-order valence-corrected chi connectivity index (χ1v) is 10.7. The summed E-state index contributed by atoms with van der Waals surface area (Å²) in [6.07, 6.45) is 3.92. The molecule has 3 aliphatic rings. The van der Waals surface area contributed by atoms with Crippen LogP contribution in [-0.2, 0) is 4.74 Å². The summed E-state index contributed by atoms with van der Waals surface area (Å²) in [7, 11) is 1.93. The monoisotopic (exact) mass is 365 g/mol. The fourth-order valence-electron chi connectivity index (χ4n) is 4.74. The largest absolute Gasteiger partial charge is 0.379 e. The van der Waals surface area contributed by atoms with Gasteiger partial charge in [-0.1, -0.05) is 13.8 Å². The molecule has 3 saturated heterocycles. The van der Waals surface area contributed by atoms with Gasteiger partial charge in [0.1, 0.15) is 0 Å². The standard InChI is InChI=1S/C20H39N5O/c1-17(2)14-23-7-4-5-18(15-23)13-22-20(21-3)25-8-6-19(16-25)24-9-11-26-12-10-24/h17-19H,4-16H2,1-3H3,(H,21,22). The molecule has 0 radical (unpaired) electrons. The Balaban J connectivity index is 1.43. The van der Waals surface area contributed by atoms with E-state index in [1.165, 1.54) is 38.9 Å². The zero-order valence-corrected chi connectivity index (χ0v) is 17.1. The van der Waals surface area contributed by atoms with Gasteiger partial charge in [0.15, 0.2) is 5.96 Å². The molecule has 0 bridgehead atoms. The van der Waals surface area contributed by atoms with Gasteiger partial charge in [-0.2, -0.15) is 0 Å². The molecule has 0 aliphatic carbocycles. The zero-order valence-electron chi connectivity index (χ0n) is 17.1. The molecule has 0 spiro atoms. The van der Waals surface area contributed by atoms with Crippen LogP contribution in [0.5, 0.6) is 0 Å². The Bertz CT molecular complexity index is 449. The van der Waals surface area contributed by atoms with Crippen molar-refractivity contribution >= 4 is 5.96 Å². The van der Waals surface area contributed by atoms with E-state index >= 15 is 0 Å². The third-order valence-corrected chi connectivity index (χ3v) is 6.01. The van der Waals surface area contributed by atoms with Crippen molar-refractivity contribution in [2.45, 2.75) is 39.2 Å². The highest BCUT2D eigenvalue weighted by Gasteiger charge is 2.30. The van der Waals surface area contributed by atoms with Gasteiger partial charge in [-0.15, -0.1) is 0 Å². The van der Waals surface area contributed by atoms with E-state index in [4.69, 9.17) is 4.74 Å². The first-order valence-electron chi connectivity index (χ1n) is 10.7. The molecule has 2 unspecified atom stereocenters. The normalized spacial score (nSPS) is 29.5. The third-order valence-electron chi connectivity index (χ3n) is 6.01. The van der Waals surface area contributed by atoms with E-state index in [1.54, 1.807) is 0 Å². The fourth-order valence-corrected chi connectivity index (χ4v) is 4.74. The molecule has 2 atom stereocenters. The van der Waals surface area contributed by atoms with Crippen molar-refractivity contribution in [2.24, 2.45) is 16.8 Å². The van der Waals surface area contributed by atoms with Crippen LogP contribution in [0.3, 0.4) is 0 Å². The van der Waals surface area contributed by atoms with E-state index in [0.29, 0.717) is 6.04 Å². The lowest BCUT2D eigenvalue weighted by atomic mass is 9.97. The minimum absolute atomic E-state index is 0.661. The molecule has 0 aromatic rings. The lowest BCUT2D eigenvalue weighted by molar-refractivity contribution is 0.0194. The highest BCUT2D eigenvalue weighted by atomic mass is 16.5. The number of guanidine groups is 1. The molecule has 150 valence electrons. The Morgan fingerprint density at radius 2 is 1.92 bits per heavy atom. The summed E-state index contributed by atoms with van der Waals surface area (Å²) in [5.41, 5.74) is 0. The zero-order chi connectivity index (χ0) is 18.4. The molecule has 0 aromatic heterocycles. The summed E-state index contributed by atoms with van der Waals surface area (Å²) in [5.74, 6) is 2.61. The maximum atomic E-state index is 5.50. The van der Waals surface area contributed by atoms with Crippen LogP contribution in [0.4, 0.5) is 0 Å². The topological polar surface area (TPSA) is 43.3 Å². The SMILES string of the molecule is CN=C(NCC1CCCN(CC(C)C)C1)N1CCC(N2CCOCC2)C1.